The molecule has 3 rings (SSSR count). The minimum absolute atomic E-state index is 0.252. The van der Waals surface area contributed by atoms with Crippen molar-refractivity contribution in [3.8, 4) is 0 Å². The van der Waals surface area contributed by atoms with E-state index < -0.39 is 5.82 Å². The average molecular weight is 388 g/mol. The Morgan fingerprint density at radius 2 is 2.27 bits per heavy atom. The van der Waals surface area contributed by atoms with Crippen molar-refractivity contribution in [3.63, 3.8) is 0 Å². The molecular formula is C15H17BrClFN4. The van der Waals surface area contributed by atoms with Crippen LogP contribution in [0, 0.1) is 5.82 Å². The van der Waals surface area contributed by atoms with Crippen LogP contribution in [0.5, 0.6) is 0 Å². The molecule has 0 radical (unpaired) electrons. The lowest BCUT2D eigenvalue weighted by Gasteiger charge is -2.33. The van der Waals surface area contributed by atoms with Crippen LogP contribution in [0.25, 0.3) is 10.9 Å². The molecule has 1 atom stereocenters. The molecule has 1 aromatic carbocycles. The Morgan fingerprint density at radius 1 is 1.50 bits per heavy atom. The van der Waals surface area contributed by atoms with Crippen LogP contribution in [0.1, 0.15) is 19.7 Å². The first kappa shape index (κ1) is 15.9. The zero-order valence-corrected chi connectivity index (χ0v) is 14.8. The van der Waals surface area contributed by atoms with E-state index in [2.05, 4.69) is 43.0 Å². The van der Waals surface area contributed by atoms with Crippen LogP contribution in [0.15, 0.2) is 10.5 Å². The first-order valence-corrected chi connectivity index (χ1v) is 8.50. The summed E-state index contributed by atoms with van der Waals surface area (Å²) in [5.74, 6) is 0.981. The van der Waals surface area contributed by atoms with Gasteiger partial charge >= 0.3 is 0 Å². The fraction of sp³-hybridized carbons (Fsp3) is 0.467. The van der Waals surface area contributed by atoms with E-state index >= 15 is 0 Å². The van der Waals surface area contributed by atoms with E-state index in [1.165, 1.54) is 0 Å². The summed E-state index contributed by atoms with van der Waals surface area (Å²) in [5, 5.41) is 4.40. The summed E-state index contributed by atoms with van der Waals surface area (Å²) in [7, 11) is 0. The lowest BCUT2D eigenvalue weighted by atomic mass is 10.1. The van der Waals surface area contributed by atoms with Crippen LogP contribution >= 0.6 is 27.5 Å². The van der Waals surface area contributed by atoms with Crippen LogP contribution in [-0.4, -0.2) is 35.6 Å². The second kappa shape index (κ2) is 6.26. The molecule has 1 saturated heterocycles. The predicted molar refractivity (Wildman–Crippen MR) is 91.3 cm³/mol. The predicted octanol–water partition coefficient (Wildman–Crippen LogP) is 3.55. The number of anilines is 1. The molecule has 22 heavy (non-hydrogen) atoms. The van der Waals surface area contributed by atoms with E-state index in [0.29, 0.717) is 34.2 Å². The third kappa shape index (κ3) is 2.79. The van der Waals surface area contributed by atoms with Crippen LogP contribution in [0.3, 0.4) is 0 Å². The third-order valence-corrected chi connectivity index (χ3v) is 5.14. The van der Waals surface area contributed by atoms with Crippen LogP contribution in [-0.2, 0) is 6.42 Å². The van der Waals surface area contributed by atoms with Crippen LogP contribution in [0.4, 0.5) is 10.2 Å². The van der Waals surface area contributed by atoms with Gasteiger partial charge in [-0.1, -0.05) is 18.5 Å². The molecule has 0 amide bonds. The lowest BCUT2D eigenvalue weighted by Crippen LogP contribution is -2.49. The average Bonchev–Trinajstić information content (AvgIpc) is 2.52. The largest absolute Gasteiger partial charge is 0.353 e. The molecule has 2 heterocycles. The molecule has 0 aliphatic carbocycles. The number of hydrogen-bond acceptors (Lipinski definition) is 4. The highest BCUT2D eigenvalue weighted by Gasteiger charge is 2.22. The Hall–Kier alpha value is -0.980. The van der Waals surface area contributed by atoms with Gasteiger partial charge in [-0.05, 0) is 28.9 Å². The third-order valence-electron chi connectivity index (χ3n) is 3.84. The van der Waals surface area contributed by atoms with E-state index in [1.54, 1.807) is 6.07 Å². The van der Waals surface area contributed by atoms with Crippen molar-refractivity contribution in [2.75, 3.05) is 24.5 Å². The molecule has 118 valence electrons. The van der Waals surface area contributed by atoms with E-state index in [4.69, 9.17) is 11.6 Å². The van der Waals surface area contributed by atoms with E-state index in [9.17, 15) is 4.39 Å². The molecule has 1 aliphatic heterocycles. The van der Waals surface area contributed by atoms with E-state index in [1.807, 2.05) is 6.92 Å². The van der Waals surface area contributed by atoms with Crippen molar-refractivity contribution in [1.82, 2.24) is 15.3 Å². The van der Waals surface area contributed by atoms with Crippen molar-refractivity contribution in [1.29, 1.82) is 0 Å². The van der Waals surface area contributed by atoms with Gasteiger partial charge in [-0.25, -0.2) is 14.4 Å². The SMILES string of the molecule is CCc1nc(N2CCNC(C)C2)c2cc(Cl)c(Br)c(F)c2n1. The van der Waals surface area contributed by atoms with Crippen molar-refractivity contribution >= 4 is 44.3 Å². The van der Waals surface area contributed by atoms with Crippen LogP contribution in [0.2, 0.25) is 5.02 Å². The van der Waals surface area contributed by atoms with Gasteiger partial charge in [0.05, 0.1) is 9.50 Å². The highest BCUT2D eigenvalue weighted by molar-refractivity contribution is 9.10. The van der Waals surface area contributed by atoms with Gasteiger partial charge in [0.2, 0.25) is 0 Å². The molecule has 1 N–H and O–H groups in total. The van der Waals surface area contributed by atoms with Gasteiger partial charge < -0.3 is 10.2 Å². The fourth-order valence-corrected chi connectivity index (χ4v) is 3.22. The van der Waals surface area contributed by atoms with Gasteiger partial charge in [0, 0.05) is 37.5 Å². The van der Waals surface area contributed by atoms with Gasteiger partial charge in [-0.15, -0.1) is 0 Å². The molecule has 0 saturated carbocycles. The summed E-state index contributed by atoms with van der Waals surface area (Å²) in [6.07, 6.45) is 0.657. The topological polar surface area (TPSA) is 41.1 Å². The Kier molecular flexibility index (Phi) is 4.52. The summed E-state index contributed by atoms with van der Waals surface area (Å²) >= 11 is 9.32. The summed E-state index contributed by atoms with van der Waals surface area (Å²) in [6, 6.07) is 2.10. The molecule has 7 heteroatoms. The van der Waals surface area contributed by atoms with E-state index in [-0.39, 0.29) is 4.47 Å². The Labute approximate surface area is 142 Å². The van der Waals surface area contributed by atoms with Crippen molar-refractivity contribution in [2.45, 2.75) is 26.3 Å². The summed E-state index contributed by atoms with van der Waals surface area (Å²) in [6.45, 7) is 6.62. The van der Waals surface area contributed by atoms with Gasteiger partial charge in [-0.3, -0.25) is 0 Å². The number of rotatable bonds is 2. The molecule has 1 aliphatic rings. The molecular weight excluding hydrogens is 371 g/mol. The molecule has 1 fully saturated rings. The molecule has 0 bridgehead atoms. The number of aryl methyl sites for hydroxylation is 1. The van der Waals surface area contributed by atoms with Crippen molar-refractivity contribution < 1.29 is 4.39 Å². The Balaban J connectivity index is 2.23. The van der Waals surface area contributed by atoms with Gasteiger partial charge in [-0.2, -0.15) is 0 Å². The minimum Gasteiger partial charge on any atom is -0.353 e. The maximum absolute atomic E-state index is 14.5. The maximum Gasteiger partial charge on any atom is 0.165 e. The number of benzene rings is 1. The number of fused-ring (bicyclic) bond motifs is 1. The van der Waals surface area contributed by atoms with Crippen molar-refractivity contribution in [2.24, 2.45) is 0 Å². The lowest BCUT2D eigenvalue weighted by molar-refractivity contribution is 0.482. The summed E-state index contributed by atoms with van der Waals surface area (Å²) < 4.78 is 14.8. The summed E-state index contributed by atoms with van der Waals surface area (Å²) in [5.41, 5.74) is 0.323. The monoisotopic (exact) mass is 386 g/mol. The number of hydrogen-bond donors (Lipinski definition) is 1. The summed E-state index contributed by atoms with van der Waals surface area (Å²) in [4.78, 5) is 11.2. The number of nitrogens with one attached hydrogen (secondary N) is 1. The zero-order chi connectivity index (χ0) is 15.9. The normalized spacial score (nSPS) is 19.0. The Bertz CT molecular complexity index is 724. The second-order valence-electron chi connectivity index (χ2n) is 5.50. The minimum atomic E-state index is -0.427. The van der Waals surface area contributed by atoms with Gasteiger partial charge in [0.25, 0.3) is 0 Å². The number of nitrogens with zero attached hydrogens (tertiary/aromatic N) is 3. The molecule has 1 aromatic heterocycles. The smallest absolute Gasteiger partial charge is 0.165 e. The highest BCUT2D eigenvalue weighted by atomic mass is 79.9. The fourth-order valence-electron chi connectivity index (χ4n) is 2.73. The molecule has 0 spiro atoms. The maximum atomic E-state index is 14.5. The van der Waals surface area contributed by atoms with E-state index in [0.717, 1.165) is 25.5 Å². The highest BCUT2D eigenvalue weighted by Crippen LogP contribution is 2.35. The second-order valence-corrected chi connectivity index (χ2v) is 6.70. The number of piperazine rings is 1. The first-order chi connectivity index (χ1) is 10.5. The van der Waals surface area contributed by atoms with Crippen molar-refractivity contribution in [3.05, 3.63) is 27.2 Å². The Morgan fingerprint density at radius 3 is 2.95 bits per heavy atom. The number of aromatic nitrogens is 2. The molecule has 4 nitrogen and oxygen atoms in total. The van der Waals surface area contributed by atoms with Gasteiger partial charge in [0.15, 0.2) is 5.82 Å². The number of halogens is 3. The zero-order valence-electron chi connectivity index (χ0n) is 12.5. The first-order valence-electron chi connectivity index (χ1n) is 7.33. The molecule has 2 aromatic rings. The van der Waals surface area contributed by atoms with Crippen LogP contribution < -0.4 is 10.2 Å². The van der Waals surface area contributed by atoms with Gasteiger partial charge in [0.1, 0.15) is 17.2 Å². The quantitative estimate of drug-likeness (QED) is 0.800. The molecule has 1 unspecified atom stereocenters. The standard InChI is InChI=1S/C15H17BrClFN4/c1-3-11-20-14-9(6-10(17)12(16)13(14)18)15(21-11)22-5-4-19-8(2)7-22/h6,8,19H,3-5,7H2,1-2H3.